The number of amides is 1. The van der Waals surface area contributed by atoms with Gasteiger partial charge in [-0.15, -0.1) is 0 Å². The first-order chi connectivity index (χ1) is 12.8. The van der Waals surface area contributed by atoms with Crippen molar-refractivity contribution in [3.8, 4) is 0 Å². The molecule has 8 nitrogen and oxygen atoms in total. The summed E-state index contributed by atoms with van der Waals surface area (Å²) in [6, 6.07) is 12.7. The minimum atomic E-state index is -3.56. The van der Waals surface area contributed by atoms with E-state index in [-0.39, 0.29) is 17.0 Å². The van der Waals surface area contributed by atoms with Crippen molar-refractivity contribution in [3.63, 3.8) is 0 Å². The highest BCUT2D eigenvalue weighted by Gasteiger charge is 2.17. The SMILES string of the molecule is COC(=O)c1ccccc1NC(=O)CNc1cccc(S(=O)(=O)N(C)C)c1. The molecule has 2 aromatic rings. The number of esters is 1. The second-order valence-corrected chi connectivity index (χ2v) is 7.91. The summed E-state index contributed by atoms with van der Waals surface area (Å²) in [6.07, 6.45) is 0. The quantitative estimate of drug-likeness (QED) is 0.697. The standard InChI is InChI=1S/C18H21N3O5S/c1-21(2)27(24,25)14-8-6-7-13(11-14)19-12-17(22)20-16-10-5-4-9-15(16)18(23)26-3/h4-11,19H,12H2,1-3H3,(H,20,22). The first kappa shape index (κ1) is 20.4. The number of ether oxygens (including phenoxy) is 1. The van der Waals surface area contributed by atoms with Crippen molar-refractivity contribution in [2.75, 3.05) is 38.4 Å². The molecule has 0 aliphatic heterocycles. The number of nitrogens with zero attached hydrogens (tertiary/aromatic N) is 1. The Labute approximate surface area is 158 Å². The van der Waals surface area contributed by atoms with E-state index in [2.05, 4.69) is 15.4 Å². The Morgan fingerprint density at radius 1 is 1.07 bits per heavy atom. The van der Waals surface area contributed by atoms with Crippen LogP contribution in [-0.2, 0) is 19.6 Å². The van der Waals surface area contributed by atoms with Gasteiger partial charge in [0.05, 0.1) is 29.8 Å². The molecular formula is C18H21N3O5S. The van der Waals surface area contributed by atoms with Gasteiger partial charge in [0.2, 0.25) is 15.9 Å². The number of sulfonamides is 1. The Kier molecular flexibility index (Phi) is 6.54. The lowest BCUT2D eigenvalue weighted by Crippen LogP contribution is -2.24. The van der Waals surface area contributed by atoms with Gasteiger partial charge in [-0.1, -0.05) is 18.2 Å². The minimum absolute atomic E-state index is 0.110. The van der Waals surface area contributed by atoms with Crippen LogP contribution in [-0.4, -0.2) is 52.3 Å². The number of para-hydroxylation sites is 1. The highest BCUT2D eigenvalue weighted by Crippen LogP contribution is 2.18. The van der Waals surface area contributed by atoms with Gasteiger partial charge >= 0.3 is 5.97 Å². The lowest BCUT2D eigenvalue weighted by molar-refractivity contribution is -0.114. The number of benzene rings is 2. The first-order valence-corrected chi connectivity index (χ1v) is 9.43. The van der Waals surface area contributed by atoms with E-state index < -0.39 is 21.9 Å². The summed E-state index contributed by atoms with van der Waals surface area (Å²) >= 11 is 0. The monoisotopic (exact) mass is 391 g/mol. The fraction of sp³-hybridized carbons (Fsp3) is 0.222. The molecule has 2 N–H and O–H groups in total. The molecule has 0 aliphatic rings. The number of nitrogens with one attached hydrogen (secondary N) is 2. The van der Waals surface area contributed by atoms with E-state index >= 15 is 0 Å². The molecule has 0 aromatic heterocycles. The zero-order chi connectivity index (χ0) is 20.0. The normalized spacial score (nSPS) is 11.1. The van der Waals surface area contributed by atoms with Crippen LogP contribution in [0.25, 0.3) is 0 Å². The Bertz CT molecular complexity index is 942. The van der Waals surface area contributed by atoms with Gasteiger partial charge in [0.1, 0.15) is 0 Å². The van der Waals surface area contributed by atoms with Gasteiger partial charge in [-0.2, -0.15) is 0 Å². The van der Waals surface area contributed by atoms with Crippen LogP contribution in [0, 0.1) is 0 Å². The molecule has 0 unspecified atom stereocenters. The molecule has 0 heterocycles. The third kappa shape index (κ3) is 5.05. The summed E-state index contributed by atoms with van der Waals surface area (Å²) in [6.45, 7) is -0.110. The van der Waals surface area contributed by atoms with Crippen LogP contribution in [0.15, 0.2) is 53.4 Å². The van der Waals surface area contributed by atoms with Crippen LogP contribution in [0.1, 0.15) is 10.4 Å². The van der Waals surface area contributed by atoms with E-state index in [1.807, 2.05) is 0 Å². The van der Waals surface area contributed by atoms with Gasteiger partial charge in [0.25, 0.3) is 0 Å². The summed E-state index contributed by atoms with van der Waals surface area (Å²) in [7, 11) is 0.590. The predicted molar refractivity (Wildman–Crippen MR) is 102 cm³/mol. The van der Waals surface area contributed by atoms with Crippen LogP contribution in [0.4, 0.5) is 11.4 Å². The van der Waals surface area contributed by atoms with Crippen LogP contribution < -0.4 is 10.6 Å². The van der Waals surface area contributed by atoms with Gasteiger partial charge in [-0.3, -0.25) is 4.79 Å². The van der Waals surface area contributed by atoms with Crippen molar-refractivity contribution in [3.05, 3.63) is 54.1 Å². The van der Waals surface area contributed by atoms with E-state index in [1.165, 1.54) is 33.3 Å². The molecule has 144 valence electrons. The van der Waals surface area contributed by atoms with Crippen molar-refractivity contribution in [1.29, 1.82) is 0 Å². The first-order valence-electron chi connectivity index (χ1n) is 7.99. The lowest BCUT2D eigenvalue weighted by atomic mass is 10.2. The van der Waals surface area contributed by atoms with Crippen LogP contribution in [0.5, 0.6) is 0 Å². The van der Waals surface area contributed by atoms with Crippen molar-refractivity contribution in [1.82, 2.24) is 4.31 Å². The number of rotatable bonds is 7. The highest BCUT2D eigenvalue weighted by atomic mass is 32.2. The molecule has 0 saturated heterocycles. The van der Waals surface area contributed by atoms with E-state index in [9.17, 15) is 18.0 Å². The molecule has 0 bridgehead atoms. The van der Waals surface area contributed by atoms with Crippen molar-refractivity contribution >= 4 is 33.3 Å². The molecule has 27 heavy (non-hydrogen) atoms. The number of anilines is 2. The molecule has 2 rings (SSSR count). The Morgan fingerprint density at radius 2 is 1.78 bits per heavy atom. The maximum absolute atomic E-state index is 12.2. The zero-order valence-corrected chi connectivity index (χ0v) is 16.0. The number of hydrogen-bond donors (Lipinski definition) is 2. The lowest BCUT2D eigenvalue weighted by Gasteiger charge is -2.13. The Morgan fingerprint density at radius 3 is 2.44 bits per heavy atom. The molecule has 9 heteroatoms. The van der Waals surface area contributed by atoms with Gasteiger partial charge < -0.3 is 15.4 Å². The highest BCUT2D eigenvalue weighted by molar-refractivity contribution is 7.89. The van der Waals surface area contributed by atoms with E-state index in [1.54, 1.807) is 36.4 Å². The maximum Gasteiger partial charge on any atom is 0.339 e. The second-order valence-electron chi connectivity index (χ2n) is 5.75. The van der Waals surface area contributed by atoms with Gasteiger partial charge in [0.15, 0.2) is 0 Å². The summed E-state index contributed by atoms with van der Waals surface area (Å²) in [5, 5.41) is 5.50. The average molecular weight is 391 g/mol. The second kappa shape index (κ2) is 8.65. The average Bonchev–Trinajstić information content (AvgIpc) is 2.66. The van der Waals surface area contributed by atoms with Crippen molar-refractivity contribution in [2.45, 2.75) is 4.90 Å². The molecule has 2 aromatic carbocycles. The topological polar surface area (TPSA) is 105 Å². The van der Waals surface area contributed by atoms with E-state index in [4.69, 9.17) is 0 Å². The number of carbonyl (C=O) groups excluding carboxylic acids is 2. The number of carbonyl (C=O) groups is 2. The third-order valence-electron chi connectivity index (χ3n) is 3.67. The summed E-state index contributed by atoms with van der Waals surface area (Å²) < 4.78 is 30.1. The number of methoxy groups -OCH3 is 1. The largest absolute Gasteiger partial charge is 0.465 e. The van der Waals surface area contributed by atoms with Crippen LogP contribution in [0.2, 0.25) is 0 Å². The minimum Gasteiger partial charge on any atom is -0.465 e. The Balaban J connectivity index is 2.06. The fourth-order valence-corrected chi connectivity index (χ4v) is 3.18. The molecule has 0 atom stereocenters. The predicted octanol–water partition coefficient (Wildman–Crippen LogP) is 1.77. The molecule has 0 radical (unpaired) electrons. The molecule has 0 fully saturated rings. The van der Waals surface area contributed by atoms with Gasteiger partial charge in [-0.05, 0) is 30.3 Å². The smallest absolute Gasteiger partial charge is 0.339 e. The van der Waals surface area contributed by atoms with Gasteiger partial charge in [0, 0.05) is 19.8 Å². The molecule has 0 saturated carbocycles. The van der Waals surface area contributed by atoms with E-state index in [0.29, 0.717) is 11.4 Å². The molecular weight excluding hydrogens is 370 g/mol. The third-order valence-corrected chi connectivity index (χ3v) is 5.48. The van der Waals surface area contributed by atoms with Crippen LogP contribution in [0.3, 0.4) is 0 Å². The van der Waals surface area contributed by atoms with Crippen molar-refractivity contribution in [2.24, 2.45) is 0 Å². The van der Waals surface area contributed by atoms with Crippen LogP contribution >= 0.6 is 0 Å². The summed E-state index contributed by atoms with van der Waals surface area (Å²) in [5.41, 5.74) is 1.06. The summed E-state index contributed by atoms with van der Waals surface area (Å²) in [5.74, 6) is -0.951. The van der Waals surface area contributed by atoms with Gasteiger partial charge in [-0.25, -0.2) is 17.5 Å². The maximum atomic E-state index is 12.2. The fourth-order valence-electron chi connectivity index (χ4n) is 2.23. The van der Waals surface area contributed by atoms with E-state index in [0.717, 1.165) is 4.31 Å². The molecule has 1 amide bonds. The summed E-state index contributed by atoms with van der Waals surface area (Å²) in [4.78, 5) is 24.0. The molecule has 0 aliphatic carbocycles. The molecule has 0 spiro atoms. The van der Waals surface area contributed by atoms with Crippen molar-refractivity contribution < 1.29 is 22.7 Å². The zero-order valence-electron chi connectivity index (χ0n) is 15.2. The number of hydrogen-bond acceptors (Lipinski definition) is 6. The Hall–Kier alpha value is -2.91.